The van der Waals surface area contributed by atoms with Crippen LogP contribution in [0.1, 0.15) is 22.0 Å². The number of aromatic nitrogens is 1. The first kappa shape index (κ1) is 13.6. The Kier molecular flexibility index (Phi) is 3.32. The van der Waals surface area contributed by atoms with Gasteiger partial charge in [-0.2, -0.15) is 0 Å². The van der Waals surface area contributed by atoms with Crippen molar-refractivity contribution in [3.05, 3.63) is 54.6 Å². The van der Waals surface area contributed by atoms with Gasteiger partial charge >= 0.3 is 5.76 Å². The molecule has 0 aliphatic rings. The van der Waals surface area contributed by atoms with Gasteiger partial charge in [-0.1, -0.05) is 6.07 Å². The normalized spacial score (nSPS) is 13.0. The third kappa shape index (κ3) is 2.13. The Morgan fingerprint density at radius 2 is 2.15 bits per heavy atom. The molecule has 1 atom stereocenters. The molecule has 1 unspecified atom stereocenters. The summed E-state index contributed by atoms with van der Waals surface area (Å²) in [4.78, 5) is 12.6. The summed E-state index contributed by atoms with van der Waals surface area (Å²) in [6.07, 6.45) is 0. The predicted molar refractivity (Wildman–Crippen MR) is 84.2 cm³/mol. The van der Waals surface area contributed by atoms with Crippen molar-refractivity contribution >= 4 is 38.4 Å². The van der Waals surface area contributed by atoms with Crippen LogP contribution in [-0.4, -0.2) is 4.57 Å². The first-order chi connectivity index (χ1) is 9.47. The third-order valence-electron chi connectivity index (χ3n) is 3.36. The molecule has 3 aromatic rings. The number of benzene rings is 1. The quantitative estimate of drug-likeness (QED) is 0.769. The number of nitrogens with zero attached hydrogens (tertiary/aromatic N) is 1. The van der Waals surface area contributed by atoms with Gasteiger partial charge in [0.15, 0.2) is 5.58 Å². The molecular formula is C14H13BrN2O2S. The molecule has 0 fully saturated rings. The van der Waals surface area contributed by atoms with Crippen LogP contribution in [0.3, 0.4) is 0 Å². The van der Waals surface area contributed by atoms with E-state index in [0.29, 0.717) is 5.58 Å². The van der Waals surface area contributed by atoms with Gasteiger partial charge in [-0.05, 0) is 52.2 Å². The molecule has 0 aliphatic heterocycles. The third-order valence-corrected chi connectivity index (χ3v) is 5.58. The molecule has 3 rings (SSSR count). The minimum Gasteiger partial charge on any atom is -0.408 e. The molecule has 1 aromatic carbocycles. The second kappa shape index (κ2) is 4.87. The second-order valence-electron chi connectivity index (χ2n) is 4.74. The van der Waals surface area contributed by atoms with E-state index in [-0.39, 0.29) is 11.8 Å². The summed E-state index contributed by atoms with van der Waals surface area (Å²) in [7, 11) is 1.69. The van der Waals surface area contributed by atoms with Crippen LogP contribution in [0.5, 0.6) is 0 Å². The Morgan fingerprint density at radius 3 is 2.80 bits per heavy atom. The van der Waals surface area contributed by atoms with Crippen LogP contribution in [0.2, 0.25) is 0 Å². The maximum Gasteiger partial charge on any atom is 0.419 e. The molecular weight excluding hydrogens is 340 g/mol. The lowest BCUT2D eigenvalue weighted by Crippen LogP contribution is -2.10. The summed E-state index contributed by atoms with van der Waals surface area (Å²) < 4.78 is 7.78. The summed E-state index contributed by atoms with van der Waals surface area (Å²) in [6.45, 7) is 2.04. The van der Waals surface area contributed by atoms with Crippen LogP contribution >= 0.6 is 27.3 Å². The Morgan fingerprint density at radius 1 is 1.40 bits per heavy atom. The lowest BCUT2D eigenvalue weighted by Gasteiger charge is -2.09. The smallest absolute Gasteiger partial charge is 0.408 e. The standard InChI is InChI=1S/C14H13BrN2O2S/c1-7-5-11(20-13(7)15)12(16)8-3-4-9-10(6-8)19-14(18)17(9)2/h3-6,12H,16H2,1-2H3. The van der Waals surface area contributed by atoms with Gasteiger partial charge in [0.05, 0.1) is 15.3 Å². The number of rotatable bonds is 2. The first-order valence-electron chi connectivity index (χ1n) is 6.08. The van der Waals surface area contributed by atoms with Gasteiger partial charge in [0.2, 0.25) is 0 Å². The lowest BCUT2D eigenvalue weighted by atomic mass is 10.1. The molecule has 0 radical (unpaired) electrons. The lowest BCUT2D eigenvalue weighted by molar-refractivity contribution is 0.527. The van der Waals surface area contributed by atoms with E-state index in [4.69, 9.17) is 10.2 Å². The van der Waals surface area contributed by atoms with Gasteiger partial charge in [-0.15, -0.1) is 11.3 Å². The summed E-state index contributed by atoms with van der Waals surface area (Å²) >= 11 is 5.13. The van der Waals surface area contributed by atoms with Crippen LogP contribution in [0, 0.1) is 6.92 Å². The minimum atomic E-state index is -0.361. The van der Waals surface area contributed by atoms with Crippen molar-refractivity contribution in [3.63, 3.8) is 0 Å². The van der Waals surface area contributed by atoms with Gasteiger partial charge in [0.25, 0.3) is 0 Å². The zero-order chi connectivity index (χ0) is 14.4. The molecule has 0 bridgehead atoms. The number of hydrogen-bond donors (Lipinski definition) is 1. The van der Waals surface area contributed by atoms with Crippen LogP contribution in [0.4, 0.5) is 0 Å². The van der Waals surface area contributed by atoms with E-state index in [2.05, 4.69) is 22.0 Å². The van der Waals surface area contributed by atoms with E-state index in [1.165, 1.54) is 10.1 Å². The van der Waals surface area contributed by atoms with Crippen LogP contribution in [0.25, 0.3) is 11.1 Å². The second-order valence-corrected chi connectivity index (χ2v) is 7.14. The SMILES string of the molecule is Cc1cc(C(N)c2ccc3c(c2)oc(=O)n3C)sc1Br. The summed E-state index contributed by atoms with van der Waals surface area (Å²) in [5, 5.41) is 0. The van der Waals surface area contributed by atoms with Crippen molar-refractivity contribution in [1.82, 2.24) is 4.57 Å². The topological polar surface area (TPSA) is 61.2 Å². The van der Waals surface area contributed by atoms with E-state index in [9.17, 15) is 4.79 Å². The van der Waals surface area contributed by atoms with Crippen molar-refractivity contribution < 1.29 is 4.42 Å². The van der Waals surface area contributed by atoms with Gasteiger partial charge in [0.1, 0.15) is 0 Å². The van der Waals surface area contributed by atoms with Crippen LogP contribution < -0.4 is 11.5 Å². The number of halogens is 1. The van der Waals surface area contributed by atoms with Crippen molar-refractivity contribution in [2.24, 2.45) is 12.8 Å². The molecule has 6 heteroatoms. The zero-order valence-corrected chi connectivity index (χ0v) is 13.4. The highest BCUT2D eigenvalue weighted by atomic mass is 79.9. The monoisotopic (exact) mass is 352 g/mol. The molecule has 104 valence electrons. The predicted octanol–water partition coefficient (Wildman–Crippen LogP) is 3.31. The fourth-order valence-corrected chi connectivity index (χ4v) is 3.75. The molecule has 20 heavy (non-hydrogen) atoms. The molecule has 4 nitrogen and oxygen atoms in total. The molecule has 0 amide bonds. The largest absolute Gasteiger partial charge is 0.419 e. The number of oxazole rings is 1. The number of aryl methyl sites for hydroxylation is 2. The van der Waals surface area contributed by atoms with Gasteiger partial charge in [-0.25, -0.2) is 4.79 Å². The minimum absolute atomic E-state index is 0.222. The Bertz CT molecular complexity index is 827. The molecule has 0 spiro atoms. The van der Waals surface area contributed by atoms with Gasteiger partial charge in [0, 0.05) is 11.9 Å². The zero-order valence-electron chi connectivity index (χ0n) is 11.0. The average molecular weight is 353 g/mol. The Balaban J connectivity index is 2.07. The Labute approximate surface area is 127 Å². The molecule has 2 heterocycles. The van der Waals surface area contributed by atoms with Crippen LogP contribution in [0.15, 0.2) is 37.3 Å². The summed E-state index contributed by atoms with van der Waals surface area (Å²) in [6, 6.07) is 7.49. The van der Waals surface area contributed by atoms with E-state index in [1.54, 1.807) is 18.4 Å². The average Bonchev–Trinajstić information content (AvgIpc) is 2.90. The number of thiophene rings is 1. The number of fused-ring (bicyclic) bond motifs is 1. The molecule has 0 saturated heterocycles. The van der Waals surface area contributed by atoms with E-state index in [0.717, 1.165) is 19.7 Å². The summed E-state index contributed by atoms with van der Waals surface area (Å²) in [5.41, 5.74) is 9.74. The first-order valence-corrected chi connectivity index (χ1v) is 7.69. The summed E-state index contributed by atoms with van der Waals surface area (Å²) in [5.74, 6) is -0.361. The van der Waals surface area contributed by atoms with E-state index < -0.39 is 0 Å². The molecule has 2 aromatic heterocycles. The number of hydrogen-bond acceptors (Lipinski definition) is 4. The van der Waals surface area contributed by atoms with Gasteiger partial charge in [-0.3, -0.25) is 4.57 Å². The van der Waals surface area contributed by atoms with Crippen molar-refractivity contribution in [1.29, 1.82) is 0 Å². The van der Waals surface area contributed by atoms with Gasteiger partial charge < -0.3 is 10.2 Å². The highest BCUT2D eigenvalue weighted by molar-refractivity contribution is 9.11. The van der Waals surface area contributed by atoms with Crippen molar-refractivity contribution in [2.45, 2.75) is 13.0 Å². The van der Waals surface area contributed by atoms with Crippen LogP contribution in [-0.2, 0) is 7.05 Å². The molecule has 0 saturated carbocycles. The fraction of sp³-hybridized carbons (Fsp3) is 0.214. The Hall–Kier alpha value is -1.37. The highest BCUT2D eigenvalue weighted by Crippen LogP contribution is 2.33. The molecule has 2 N–H and O–H groups in total. The fourth-order valence-electron chi connectivity index (χ4n) is 2.14. The maximum absolute atomic E-state index is 11.5. The molecule has 0 aliphatic carbocycles. The van der Waals surface area contributed by atoms with E-state index in [1.807, 2.05) is 25.1 Å². The van der Waals surface area contributed by atoms with Crippen molar-refractivity contribution in [3.8, 4) is 0 Å². The highest BCUT2D eigenvalue weighted by Gasteiger charge is 2.15. The number of nitrogens with two attached hydrogens (primary N) is 1. The van der Waals surface area contributed by atoms with Crippen molar-refractivity contribution in [2.75, 3.05) is 0 Å². The maximum atomic E-state index is 11.5. The van der Waals surface area contributed by atoms with E-state index >= 15 is 0 Å².